The third kappa shape index (κ3) is 3.37. The zero-order valence-corrected chi connectivity index (χ0v) is 14.3. The summed E-state index contributed by atoms with van der Waals surface area (Å²) in [6.07, 6.45) is 4.66. The van der Waals surface area contributed by atoms with E-state index in [0.29, 0.717) is 24.0 Å². The second-order valence-electron chi connectivity index (χ2n) is 6.47. The van der Waals surface area contributed by atoms with Gasteiger partial charge in [-0.3, -0.25) is 9.59 Å². The topological polar surface area (TPSA) is 40.6 Å². The Kier molecular flexibility index (Phi) is 4.90. The van der Waals surface area contributed by atoms with Crippen LogP contribution in [0.15, 0.2) is 24.3 Å². The van der Waals surface area contributed by atoms with E-state index in [9.17, 15) is 9.59 Å². The van der Waals surface area contributed by atoms with Gasteiger partial charge in [0.25, 0.3) is 0 Å². The molecule has 0 aliphatic carbocycles. The molecule has 0 radical (unpaired) electrons. The van der Waals surface area contributed by atoms with Crippen LogP contribution < -0.4 is 4.90 Å². The second kappa shape index (κ2) is 6.91. The summed E-state index contributed by atoms with van der Waals surface area (Å²) in [7, 11) is 0. The summed E-state index contributed by atoms with van der Waals surface area (Å²) in [6, 6.07) is 7.57. The lowest BCUT2D eigenvalue weighted by Crippen LogP contribution is -2.46. The number of carbonyl (C=O) groups excluding carboxylic acids is 2. The number of nitrogens with zero attached hydrogens (tertiary/aromatic N) is 2. The van der Waals surface area contributed by atoms with Crippen molar-refractivity contribution >= 4 is 29.1 Å². The van der Waals surface area contributed by atoms with Crippen LogP contribution in [0.5, 0.6) is 0 Å². The first-order chi connectivity index (χ1) is 11.1. The number of rotatable bonds is 3. The molecule has 2 saturated heterocycles. The van der Waals surface area contributed by atoms with Gasteiger partial charge < -0.3 is 9.80 Å². The van der Waals surface area contributed by atoms with E-state index in [2.05, 4.69) is 6.92 Å². The molecule has 0 N–H and O–H groups in total. The number of benzene rings is 1. The minimum atomic E-state index is -0.217. The maximum Gasteiger partial charge on any atom is 0.228 e. The van der Waals surface area contributed by atoms with Crippen molar-refractivity contribution in [2.45, 2.75) is 45.1 Å². The maximum atomic E-state index is 12.9. The molecule has 0 spiro atoms. The first kappa shape index (κ1) is 16.3. The molecule has 1 aromatic rings. The van der Waals surface area contributed by atoms with Gasteiger partial charge in [-0.1, -0.05) is 18.5 Å². The quantitative estimate of drug-likeness (QED) is 0.849. The Morgan fingerprint density at radius 1 is 1.26 bits per heavy atom. The van der Waals surface area contributed by atoms with Crippen LogP contribution in [-0.2, 0) is 9.59 Å². The van der Waals surface area contributed by atoms with Crippen LogP contribution in [0.1, 0.15) is 39.0 Å². The van der Waals surface area contributed by atoms with Crippen molar-refractivity contribution in [3.8, 4) is 0 Å². The van der Waals surface area contributed by atoms with Crippen molar-refractivity contribution < 1.29 is 9.59 Å². The van der Waals surface area contributed by atoms with E-state index in [0.717, 1.165) is 31.5 Å². The predicted molar refractivity (Wildman–Crippen MR) is 91.6 cm³/mol. The SMILES string of the molecule is CC[C@@H]1CCCCN1C(=O)[C@@H]1CC(=O)N(c2ccc(Cl)cc2)C1. The minimum absolute atomic E-state index is 0.0238. The van der Waals surface area contributed by atoms with Gasteiger partial charge in [0, 0.05) is 36.3 Å². The van der Waals surface area contributed by atoms with Crippen LogP contribution in [0.25, 0.3) is 0 Å². The number of hydrogen-bond acceptors (Lipinski definition) is 2. The second-order valence-corrected chi connectivity index (χ2v) is 6.91. The molecule has 2 amide bonds. The lowest BCUT2D eigenvalue weighted by Gasteiger charge is -2.36. The van der Waals surface area contributed by atoms with E-state index in [4.69, 9.17) is 11.6 Å². The molecule has 0 aromatic heterocycles. The van der Waals surface area contributed by atoms with Crippen LogP contribution in [0.4, 0.5) is 5.69 Å². The van der Waals surface area contributed by atoms with E-state index in [1.54, 1.807) is 17.0 Å². The summed E-state index contributed by atoms with van der Waals surface area (Å²) in [6.45, 7) is 3.45. The van der Waals surface area contributed by atoms with Gasteiger partial charge >= 0.3 is 0 Å². The average Bonchev–Trinajstić information content (AvgIpc) is 2.96. The van der Waals surface area contributed by atoms with E-state index in [-0.39, 0.29) is 17.7 Å². The summed E-state index contributed by atoms with van der Waals surface area (Å²) >= 11 is 5.90. The van der Waals surface area contributed by atoms with Crippen LogP contribution in [0.2, 0.25) is 5.02 Å². The molecule has 2 heterocycles. The molecule has 5 heteroatoms. The highest BCUT2D eigenvalue weighted by molar-refractivity contribution is 6.30. The molecule has 2 fully saturated rings. The average molecular weight is 335 g/mol. The zero-order valence-electron chi connectivity index (χ0n) is 13.5. The summed E-state index contributed by atoms with van der Waals surface area (Å²) < 4.78 is 0. The molecule has 1 aromatic carbocycles. The van der Waals surface area contributed by atoms with Crippen molar-refractivity contribution in [1.29, 1.82) is 0 Å². The van der Waals surface area contributed by atoms with Crippen molar-refractivity contribution in [2.75, 3.05) is 18.0 Å². The summed E-state index contributed by atoms with van der Waals surface area (Å²) in [4.78, 5) is 28.9. The standard InChI is InChI=1S/C18H23ClN2O2/c1-2-15-5-3-4-10-20(15)18(23)13-11-17(22)21(12-13)16-8-6-14(19)7-9-16/h6-9,13,15H,2-5,10-12H2,1H3/t13-,15-/m1/s1. The highest BCUT2D eigenvalue weighted by atomic mass is 35.5. The first-order valence-corrected chi connectivity index (χ1v) is 8.84. The normalized spacial score (nSPS) is 25.0. The van der Waals surface area contributed by atoms with E-state index < -0.39 is 0 Å². The van der Waals surface area contributed by atoms with Gasteiger partial charge in [0.2, 0.25) is 11.8 Å². The van der Waals surface area contributed by atoms with Crippen molar-refractivity contribution in [1.82, 2.24) is 4.90 Å². The number of anilines is 1. The summed E-state index contributed by atoms with van der Waals surface area (Å²) in [5.41, 5.74) is 0.820. The van der Waals surface area contributed by atoms with Crippen molar-refractivity contribution in [3.05, 3.63) is 29.3 Å². The van der Waals surface area contributed by atoms with Crippen molar-refractivity contribution in [2.24, 2.45) is 5.92 Å². The number of carbonyl (C=O) groups is 2. The molecule has 4 nitrogen and oxygen atoms in total. The molecule has 2 atom stereocenters. The van der Waals surface area contributed by atoms with E-state index >= 15 is 0 Å². The van der Waals surface area contributed by atoms with Crippen LogP contribution in [0, 0.1) is 5.92 Å². The van der Waals surface area contributed by atoms with Gasteiger partial charge in [-0.05, 0) is 49.9 Å². The van der Waals surface area contributed by atoms with Gasteiger partial charge in [0.1, 0.15) is 0 Å². The zero-order chi connectivity index (χ0) is 16.4. The minimum Gasteiger partial charge on any atom is -0.339 e. The van der Waals surface area contributed by atoms with Crippen LogP contribution in [0.3, 0.4) is 0 Å². The number of amides is 2. The number of likely N-dealkylation sites (tertiary alicyclic amines) is 1. The number of hydrogen-bond donors (Lipinski definition) is 0. The molecule has 3 rings (SSSR count). The highest BCUT2D eigenvalue weighted by Gasteiger charge is 2.39. The fourth-order valence-corrected chi connectivity index (χ4v) is 3.82. The lowest BCUT2D eigenvalue weighted by molar-refractivity contribution is -0.139. The van der Waals surface area contributed by atoms with E-state index in [1.807, 2.05) is 17.0 Å². The van der Waals surface area contributed by atoms with Gasteiger partial charge in [-0.25, -0.2) is 0 Å². The highest BCUT2D eigenvalue weighted by Crippen LogP contribution is 2.29. The van der Waals surface area contributed by atoms with Gasteiger partial charge in [0.05, 0.1) is 5.92 Å². The molecular weight excluding hydrogens is 312 g/mol. The lowest BCUT2D eigenvalue weighted by atomic mass is 9.97. The fraction of sp³-hybridized carbons (Fsp3) is 0.556. The number of piperidine rings is 1. The molecule has 124 valence electrons. The third-order valence-corrected chi connectivity index (χ3v) is 5.25. The van der Waals surface area contributed by atoms with Gasteiger partial charge in [-0.15, -0.1) is 0 Å². The van der Waals surface area contributed by atoms with Gasteiger partial charge in [0.15, 0.2) is 0 Å². The fourth-order valence-electron chi connectivity index (χ4n) is 3.69. The van der Waals surface area contributed by atoms with E-state index in [1.165, 1.54) is 6.42 Å². The number of halogens is 1. The predicted octanol–water partition coefficient (Wildman–Crippen LogP) is 3.48. The van der Waals surface area contributed by atoms with Crippen molar-refractivity contribution in [3.63, 3.8) is 0 Å². The van der Waals surface area contributed by atoms with Crippen LogP contribution >= 0.6 is 11.6 Å². The first-order valence-electron chi connectivity index (χ1n) is 8.46. The maximum absolute atomic E-state index is 12.9. The largest absolute Gasteiger partial charge is 0.339 e. The Morgan fingerprint density at radius 2 is 2.00 bits per heavy atom. The monoisotopic (exact) mass is 334 g/mol. The summed E-state index contributed by atoms with van der Waals surface area (Å²) in [5.74, 6) is -0.0394. The smallest absolute Gasteiger partial charge is 0.228 e. The Morgan fingerprint density at radius 3 is 2.70 bits per heavy atom. The molecule has 0 unspecified atom stereocenters. The summed E-state index contributed by atoms with van der Waals surface area (Å²) in [5, 5.41) is 0.645. The molecule has 2 aliphatic rings. The van der Waals surface area contributed by atoms with Gasteiger partial charge in [-0.2, -0.15) is 0 Å². The molecular formula is C18H23ClN2O2. The molecule has 23 heavy (non-hydrogen) atoms. The Balaban J connectivity index is 1.71. The molecule has 0 bridgehead atoms. The molecule has 2 aliphatic heterocycles. The Labute approximate surface area is 142 Å². The molecule has 0 saturated carbocycles. The Bertz CT molecular complexity index is 587. The van der Waals surface area contributed by atoms with Crippen LogP contribution in [-0.4, -0.2) is 35.8 Å². The third-order valence-electron chi connectivity index (χ3n) is 4.99. The Hall–Kier alpha value is -1.55.